The van der Waals surface area contributed by atoms with Gasteiger partial charge in [0.15, 0.2) is 17.6 Å². The zero-order valence-electron chi connectivity index (χ0n) is 12.6. The highest BCUT2D eigenvalue weighted by Gasteiger charge is 2.16. The van der Waals surface area contributed by atoms with Crippen LogP contribution in [0.25, 0.3) is 0 Å². The van der Waals surface area contributed by atoms with Crippen molar-refractivity contribution in [2.45, 2.75) is 38.8 Å². The van der Waals surface area contributed by atoms with Crippen LogP contribution in [0.1, 0.15) is 25.8 Å². The summed E-state index contributed by atoms with van der Waals surface area (Å²) < 4.78 is 10.9. The summed E-state index contributed by atoms with van der Waals surface area (Å²) >= 11 is 0. The molecule has 20 heavy (non-hydrogen) atoms. The van der Waals surface area contributed by atoms with Crippen LogP contribution >= 0.6 is 0 Å². The Hall–Kier alpha value is -1.75. The molecule has 1 amide bonds. The summed E-state index contributed by atoms with van der Waals surface area (Å²) in [5.41, 5.74) is 7.04. The van der Waals surface area contributed by atoms with E-state index in [2.05, 4.69) is 12.2 Å². The summed E-state index contributed by atoms with van der Waals surface area (Å²) in [6.45, 7) is 3.75. The Balaban J connectivity index is 2.85. The third-order valence-electron chi connectivity index (χ3n) is 3.17. The first-order chi connectivity index (χ1) is 9.51. The molecule has 0 saturated carbocycles. The molecule has 0 saturated heterocycles. The molecule has 3 N–H and O–H groups in total. The Morgan fingerprint density at radius 2 is 2.10 bits per heavy atom. The van der Waals surface area contributed by atoms with Gasteiger partial charge in [0.05, 0.1) is 7.11 Å². The number of nitrogens with two attached hydrogens (primary N) is 1. The lowest BCUT2D eigenvalue weighted by molar-refractivity contribution is -0.126. The third kappa shape index (κ3) is 4.42. The van der Waals surface area contributed by atoms with Gasteiger partial charge in [-0.15, -0.1) is 0 Å². The van der Waals surface area contributed by atoms with Crippen molar-refractivity contribution in [3.63, 3.8) is 0 Å². The fraction of sp³-hybridized carbons (Fsp3) is 0.533. The second-order valence-corrected chi connectivity index (χ2v) is 4.73. The van der Waals surface area contributed by atoms with Gasteiger partial charge in [-0.1, -0.05) is 13.0 Å². The Bertz CT molecular complexity index is 449. The largest absolute Gasteiger partial charge is 0.493 e. The highest BCUT2D eigenvalue weighted by atomic mass is 16.5. The highest BCUT2D eigenvalue weighted by molar-refractivity contribution is 5.80. The number of nitrogens with one attached hydrogen (secondary N) is 1. The van der Waals surface area contributed by atoms with E-state index < -0.39 is 6.10 Å². The van der Waals surface area contributed by atoms with Gasteiger partial charge in [-0.25, -0.2) is 0 Å². The molecule has 1 aromatic carbocycles. The molecule has 0 bridgehead atoms. The van der Waals surface area contributed by atoms with E-state index in [4.69, 9.17) is 15.2 Å². The Kier molecular flexibility index (Phi) is 6.31. The van der Waals surface area contributed by atoms with Gasteiger partial charge in [0, 0.05) is 13.1 Å². The zero-order valence-corrected chi connectivity index (χ0v) is 12.6. The average molecular weight is 280 g/mol. The Morgan fingerprint density at radius 3 is 2.65 bits per heavy atom. The van der Waals surface area contributed by atoms with Gasteiger partial charge in [-0.3, -0.25) is 4.79 Å². The monoisotopic (exact) mass is 280 g/mol. The number of carbonyl (C=O) groups excluding carboxylic acids is 1. The van der Waals surface area contributed by atoms with Gasteiger partial charge in [0.1, 0.15) is 0 Å². The predicted molar refractivity (Wildman–Crippen MR) is 79.1 cm³/mol. The van der Waals surface area contributed by atoms with Crippen LogP contribution in [-0.2, 0) is 11.2 Å². The topological polar surface area (TPSA) is 73.6 Å². The third-order valence-corrected chi connectivity index (χ3v) is 3.17. The number of likely N-dealkylation sites (N-methyl/N-ethyl adjacent to an activating group) is 1. The molecule has 0 fully saturated rings. The molecule has 5 heteroatoms. The molecule has 0 aliphatic rings. The van der Waals surface area contributed by atoms with Gasteiger partial charge >= 0.3 is 0 Å². The minimum absolute atomic E-state index is 0.135. The van der Waals surface area contributed by atoms with E-state index in [0.29, 0.717) is 11.5 Å². The normalized spacial score (nSPS) is 13.4. The molecule has 0 heterocycles. The number of hydrogen-bond donors (Lipinski definition) is 2. The van der Waals surface area contributed by atoms with E-state index in [9.17, 15) is 4.79 Å². The van der Waals surface area contributed by atoms with Gasteiger partial charge < -0.3 is 20.5 Å². The summed E-state index contributed by atoms with van der Waals surface area (Å²) in [5.74, 6) is 0.989. The average Bonchev–Trinajstić information content (AvgIpc) is 2.47. The van der Waals surface area contributed by atoms with Crippen molar-refractivity contribution in [2.24, 2.45) is 5.73 Å². The maximum atomic E-state index is 11.5. The maximum Gasteiger partial charge on any atom is 0.260 e. The molecule has 0 radical (unpaired) electrons. The molecule has 5 nitrogen and oxygen atoms in total. The number of benzene rings is 1. The van der Waals surface area contributed by atoms with E-state index in [1.165, 1.54) is 0 Å². The van der Waals surface area contributed by atoms with Crippen molar-refractivity contribution < 1.29 is 14.3 Å². The molecular weight excluding hydrogens is 256 g/mol. The van der Waals surface area contributed by atoms with E-state index in [0.717, 1.165) is 18.4 Å². The first-order valence-corrected chi connectivity index (χ1v) is 6.82. The summed E-state index contributed by atoms with van der Waals surface area (Å²) in [6.07, 6.45) is 1.14. The Morgan fingerprint density at radius 1 is 1.40 bits per heavy atom. The van der Waals surface area contributed by atoms with Crippen LogP contribution in [0.4, 0.5) is 0 Å². The van der Waals surface area contributed by atoms with Crippen molar-refractivity contribution in [1.29, 1.82) is 0 Å². The molecule has 0 aromatic heterocycles. The van der Waals surface area contributed by atoms with Gasteiger partial charge in [-0.05, 0) is 37.5 Å². The molecule has 2 unspecified atom stereocenters. The first-order valence-electron chi connectivity index (χ1n) is 6.82. The van der Waals surface area contributed by atoms with E-state index >= 15 is 0 Å². The molecule has 112 valence electrons. The fourth-order valence-corrected chi connectivity index (χ4v) is 1.83. The van der Waals surface area contributed by atoms with Crippen LogP contribution in [0, 0.1) is 0 Å². The van der Waals surface area contributed by atoms with Crippen molar-refractivity contribution in [2.75, 3.05) is 14.2 Å². The minimum Gasteiger partial charge on any atom is -0.493 e. The van der Waals surface area contributed by atoms with E-state index in [1.54, 1.807) is 21.1 Å². The van der Waals surface area contributed by atoms with E-state index in [-0.39, 0.29) is 11.9 Å². The second kappa shape index (κ2) is 7.75. The number of carbonyl (C=O) groups is 1. The van der Waals surface area contributed by atoms with Crippen LogP contribution in [0.15, 0.2) is 18.2 Å². The smallest absolute Gasteiger partial charge is 0.260 e. The van der Waals surface area contributed by atoms with Gasteiger partial charge in [0.25, 0.3) is 5.91 Å². The highest BCUT2D eigenvalue weighted by Crippen LogP contribution is 2.29. The SMILES string of the molecule is CCC(N)Cc1ccc(OC(C)C(=O)NC)c(OC)c1. The van der Waals surface area contributed by atoms with Crippen molar-refractivity contribution in [3.05, 3.63) is 23.8 Å². The van der Waals surface area contributed by atoms with E-state index in [1.807, 2.05) is 18.2 Å². The van der Waals surface area contributed by atoms with Crippen LogP contribution < -0.4 is 20.5 Å². The maximum absolute atomic E-state index is 11.5. The van der Waals surface area contributed by atoms with Crippen LogP contribution in [-0.4, -0.2) is 32.2 Å². The molecule has 1 rings (SSSR count). The summed E-state index contributed by atoms with van der Waals surface area (Å²) in [5, 5.41) is 2.55. The zero-order chi connectivity index (χ0) is 15.1. The van der Waals surface area contributed by atoms with Gasteiger partial charge in [0.2, 0.25) is 0 Å². The number of hydrogen-bond acceptors (Lipinski definition) is 4. The molecule has 0 aliphatic heterocycles. The summed E-state index contributed by atoms with van der Waals surface area (Å²) in [7, 11) is 3.16. The Labute approximate surface area is 120 Å². The predicted octanol–water partition coefficient (Wildman–Crippen LogP) is 1.49. The lowest BCUT2D eigenvalue weighted by Gasteiger charge is -2.17. The standard InChI is InChI=1S/C15H24N2O3/c1-5-12(16)8-11-6-7-13(14(9-11)19-4)20-10(2)15(18)17-3/h6-7,9-10,12H,5,8,16H2,1-4H3,(H,17,18). The molecule has 1 aromatic rings. The number of ether oxygens (including phenoxy) is 2. The van der Waals surface area contributed by atoms with Gasteiger partial charge in [-0.2, -0.15) is 0 Å². The van der Waals surface area contributed by atoms with Crippen molar-refractivity contribution in [1.82, 2.24) is 5.32 Å². The lowest BCUT2D eigenvalue weighted by Crippen LogP contribution is -2.33. The van der Waals surface area contributed by atoms with Crippen molar-refractivity contribution >= 4 is 5.91 Å². The minimum atomic E-state index is -0.572. The van der Waals surface area contributed by atoms with Crippen molar-refractivity contribution in [3.8, 4) is 11.5 Å². The lowest BCUT2D eigenvalue weighted by atomic mass is 10.0. The van der Waals surface area contributed by atoms with Crippen LogP contribution in [0.5, 0.6) is 11.5 Å². The second-order valence-electron chi connectivity index (χ2n) is 4.73. The van der Waals surface area contributed by atoms with Crippen LogP contribution in [0.3, 0.4) is 0 Å². The summed E-state index contributed by atoms with van der Waals surface area (Å²) in [4.78, 5) is 11.5. The number of methoxy groups -OCH3 is 1. The molecule has 0 spiro atoms. The molecular formula is C15H24N2O3. The summed E-state index contributed by atoms with van der Waals surface area (Å²) in [6, 6.07) is 5.80. The number of rotatable bonds is 7. The van der Waals surface area contributed by atoms with Crippen LogP contribution in [0.2, 0.25) is 0 Å². The quantitative estimate of drug-likeness (QED) is 0.793. The molecule has 2 atom stereocenters. The molecule has 0 aliphatic carbocycles. The fourth-order valence-electron chi connectivity index (χ4n) is 1.83. The first kappa shape index (κ1) is 16.3. The number of amides is 1.